The summed E-state index contributed by atoms with van der Waals surface area (Å²) in [6.07, 6.45) is 0. The molecular weight excluding hydrogens is 290 g/mol. The standard InChI is InChI=1S/C14H8BrN3/c15-12-3-6-14(11(7-12)9-17)18-13-4-1-10(8-16)2-5-13/h1-7,18H. The molecule has 0 aromatic heterocycles. The number of hydrogen-bond acceptors (Lipinski definition) is 3. The SMILES string of the molecule is N#Cc1ccc(Nc2ccc(Br)cc2C#N)cc1. The number of nitrogens with zero attached hydrogens (tertiary/aromatic N) is 2. The van der Waals surface area contributed by atoms with E-state index >= 15 is 0 Å². The van der Waals surface area contributed by atoms with Crippen molar-refractivity contribution in [2.24, 2.45) is 0 Å². The van der Waals surface area contributed by atoms with E-state index in [1.54, 1.807) is 18.2 Å². The molecule has 0 atom stereocenters. The van der Waals surface area contributed by atoms with Gasteiger partial charge in [-0.2, -0.15) is 10.5 Å². The van der Waals surface area contributed by atoms with E-state index < -0.39 is 0 Å². The summed E-state index contributed by atoms with van der Waals surface area (Å²) in [5.41, 5.74) is 2.75. The quantitative estimate of drug-likeness (QED) is 0.913. The first-order valence-electron chi connectivity index (χ1n) is 5.20. The lowest BCUT2D eigenvalue weighted by atomic mass is 10.1. The molecule has 2 aromatic carbocycles. The van der Waals surface area contributed by atoms with Crippen molar-refractivity contribution in [3.05, 3.63) is 58.1 Å². The van der Waals surface area contributed by atoms with Gasteiger partial charge in [0.25, 0.3) is 0 Å². The van der Waals surface area contributed by atoms with E-state index in [-0.39, 0.29) is 0 Å². The van der Waals surface area contributed by atoms with Crippen molar-refractivity contribution in [1.82, 2.24) is 0 Å². The molecular formula is C14H8BrN3. The second kappa shape index (κ2) is 5.35. The highest BCUT2D eigenvalue weighted by atomic mass is 79.9. The van der Waals surface area contributed by atoms with Crippen molar-refractivity contribution in [2.45, 2.75) is 0 Å². The van der Waals surface area contributed by atoms with E-state index in [1.165, 1.54) is 0 Å². The van der Waals surface area contributed by atoms with Gasteiger partial charge in [-0.05, 0) is 42.5 Å². The van der Waals surface area contributed by atoms with Crippen molar-refractivity contribution < 1.29 is 0 Å². The van der Waals surface area contributed by atoms with E-state index in [1.807, 2.05) is 24.3 Å². The number of halogens is 1. The third-order valence-corrected chi connectivity index (χ3v) is 2.89. The van der Waals surface area contributed by atoms with Crippen LogP contribution in [0.1, 0.15) is 11.1 Å². The molecule has 0 aliphatic heterocycles. The molecule has 0 radical (unpaired) electrons. The Morgan fingerprint density at radius 2 is 1.67 bits per heavy atom. The molecule has 86 valence electrons. The summed E-state index contributed by atoms with van der Waals surface area (Å²) in [4.78, 5) is 0. The number of nitriles is 2. The Hall–Kier alpha value is -2.30. The lowest BCUT2D eigenvalue weighted by Gasteiger charge is -2.08. The molecule has 0 saturated carbocycles. The molecule has 0 bridgehead atoms. The molecule has 0 amide bonds. The fourth-order valence-corrected chi connectivity index (χ4v) is 1.86. The maximum atomic E-state index is 9.05. The van der Waals surface area contributed by atoms with Crippen LogP contribution in [0.4, 0.5) is 11.4 Å². The summed E-state index contributed by atoms with van der Waals surface area (Å²) in [5.74, 6) is 0. The Bertz CT molecular complexity index is 648. The van der Waals surface area contributed by atoms with Crippen LogP contribution in [0.3, 0.4) is 0 Å². The summed E-state index contributed by atoms with van der Waals surface area (Å²) in [6.45, 7) is 0. The highest BCUT2D eigenvalue weighted by molar-refractivity contribution is 9.10. The minimum atomic E-state index is 0.564. The first-order valence-corrected chi connectivity index (χ1v) is 5.99. The van der Waals surface area contributed by atoms with Gasteiger partial charge in [0.15, 0.2) is 0 Å². The molecule has 4 heteroatoms. The Morgan fingerprint density at radius 3 is 2.28 bits per heavy atom. The highest BCUT2D eigenvalue weighted by Crippen LogP contribution is 2.24. The van der Waals surface area contributed by atoms with E-state index in [4.69, 9.17) is 10.5 Å². The van der Waals surface area contributed by atoms with Crippen LogP contribution in [0.25, 0.3) is 0 Å². The van der Waals surface area contributed by atoms with Crippen molar-refractivity contribution in [2.75, 3.05) is 5.32 Å². The topological polar surface area (TPSA) is 59.6 Å². The van der Waals surface area contributed by atoms with Crippen molar-refractivity contribution in [3.8, 4) is 12.1 Å². The molecule has 0 spiro atoms. The van der Waals surface area contributed by atoms with E-state index in [0.29, 0.717) is 11.1 Å². The number of rotatable bonds is 2. The number of hydrogen-bond donors (Lipinski definition) is 1. The van der Waals surface area contributed by atoms with Gasteiger partial charge in [0, 0.05) is 10.2 Å². The fraction of sp³-hybridized carbons (Fsp3) is 0. The minimum absolute atomic E-state index is 0.564. The van der Waals surface area contributed by atoms with Crippen LogP contribution in [0.5, 0.6) is 0 Å². The molecule has 0 saturated heterocycles. The lowest BCUT2D eigenvalue weighted by Crippen LogP contribution is -1.93. The number of nitrogens with one attached hydrogen (secondary N) is 1. The average Bonchev–Trinajstić information content (AvgIpc) is 2.41. The molecule has 0 unspecified atom stereocenters. The fourth-order valence-electron chi connectivity index (χ4n) is 1.50. The van der Waals surface area contributed by atoms with Crippen LogP contribution in [0.15, 0.2) is 46.9 Å². The third kappa shape index (κ3) is 2.68. The third-order valence-electron chi connectivity index (χ3n) is 2.40. The lowest BCUT2D eigenvalue weighted by molar-refractivity contribution is 1.44. The zero-order valence-electron chi connectivity index (χ0n) is 9.31. The molecule has 1 N–H and O–H groups in total. The van der Waals surface area contributed by atoms with Crippen LogP contribution >= 0.6 is 15.9 Å². The largest absolute Gasteiger partial charge is 0.354 e. The Balaban J connectivity index is 2.29. The zero-order valence-corrected chi connectivity index (χ0v) is 10.9. The highest BCUT2D eigenvalue weighted by Gasteiger charge is 2.03. The zero-order chi connectivity index (χ0) is 13.0. The van der Waals surface area contributed by atoms with Crippen LogP contribution in [-0.2, 0) is 0 Å². The molecule has 3 nitrogen and oxygen atoms in total. The number of anilines is 2. The van der Waals surface area contributed by atoms with Gasteiger partial charge in [0.05, 0.1) is 22.9 Å². The van der Waals surface area contributed by atoms with Gasteiger partial charge in [-0.15, -0.1) is 0 Å². The van der Waals surface area contributed by atoms with Crippen LogP contribution in [-0.4, -0.2) is 0 Å². The molecule has 0 heterocycles. The molecule has 0 aliphatic rings. The molecule has 0 aliphatic carbocycles. The Kier molecular flexibility index (Phi) is 3.62. The summed E-state index contributed by atoms with van der Waals surface area (Å²) in [5, 5.41) is 20.9. The maximum Gasteiger partial charge on any atom is 0.101 e. The van der Waals surface area contributed by atoms with Gasteiger partial charge in [-0.3, -0.25) is 0 Å². The van der Waals surface area contributed by atoms with E-state index in [2.05, 4.69) is 33.4 Å². The van der Waals surface area contributed by atoms with Gasteiger partial charge in [0.1, 0.15) is 6.07 Å². The van der Waals surface area contributed by atoms with Crippen molar-refractivity contribution >= 4 is 27.3 Å². The minimum Gasteiger partial charge on any atom is -0.354 e. The Labute approximate surface area is 113 Å². The molecule has 2 aromatic rings. The summed E-state index contributed by atoms with van der Waals surface area (Å²) < 4.78 is 0.865. The average molecular weight is 298 g/mol. The molecule has 2 rings (SSSR count). The summed E-state index contributed by atoms with van der Waals surface area (Å²) in [7, 11) is 0. The smallest absolute Gasteiger partial charge is 0.101 e. The first-order chi connectivity index (χ1) is 8.72. The predicted octanol–water partition coefficient (Wildman–Crippen LogP) is 3.94. The predicted molar refractivity (Wildman–Crippen MR) is 73.3 cm³/mol. The number of benzene rings is 2. The van der Waals surface area contributed by atoms with Gasteiger partial charge in [0.2, 0.25) is 0 Å². The van der Waals surface area contributed by atoms with E-state index in [9.17, 15) is 0 Å². The first kappa shape index (κ1) is 12.2. The van der Waals surface area contributed by atoms with Crippen molar-refractivity contribution in [3.63, 3.8) is 0 Å². The second-order valence-electron chi connectivity index (χ2n) is 3.62. The van der Waals surface area contributed by atoms with Crippen LogP contribution in [0.2, 0.25) is 0 Å². The van der Waals surface area contributed by atoms with Crippen LogP contribution in [0, 0.1) is 22.7 Å². The van der Waals surface area contributed by atoms with Gasteiger partial charge < -0.3 is 5.32 Å². The van der Waals surface area contributed by atoms with Gasteiger partial charge in [-0.1, -0.05) is 15.9 Å². The van der Waals surface area contributed by atoms with Gasteiger partial charge >= 0.3 is 0 Å². The Morgan fingerprint density at radius 1 is 0.944 bits per heavy atom. The van der Waals surface area contributed by atoms with Crippen LogP contribution < -0.4 is 5.32 Å². The van der Waals surface area contributed by atoms with E-state index in [0.717, 1.165) is 15.8 Å². The normalized spacial score (nSPS) is 9.28. The second-order valence-corrected chi connectivity index (χ2v) is 4.53. The summed E-state index contributed by atoms with van der Waals surface area (Å²) >= 11 is 3.33. The van der Waals surface area contributed by atoms with Crippen molar-refractivity contribution in [1.29, 1.82) is 10.5 Å². The summed E-state index contributed by atoms with van der Waals surface area (Å²) in [6, 6.07) is 16.7. The van der Waals surface area contributed by atoms with Gasteiger partial charge in [-0.25, -0.2) is 0 Å². The maximum absolute atomic E-state index is 9.05. The molecule has 0 fully saturated rings. The monoisotopic (exact) mass is 297 g/mol. The molecule has 18 heavy (non-hydrogen) atoms.